The van der Waals surface area contributed by atoms with E-state index in [9.17, 15) is 0 Å². The van der Waals surface area contributed by atoms with Gasteiger partial charge < -0.3 is 14.5 Å². The monoisotopic (exact) mass is 254 g/mol. The molecule has 0 fully saturated rings. The lowest BCUT2D eigenvalue weighted by atomic mass is 10.1. The summed E-state index contributed by atoms with van der Waals surface area (Å²) >= 11 is 0. The third-order valence-corrected chi connectivity index (χ3v) is 3.47. The van der Waals surface area contributed by atoms with Crippen LogP contribution in [0.2, 0.25) is 0 Å². The van der Waals surface area contributed by atoms with Crippen molar-refractivity contribution >= 4 is 10.9 Å². The molecule has 98 valence electrons. The molecule has 2 aromatic heterocycles. The van der Waals surface area contributed by atoms with E-state index < -0.39 is 0 Å². The molecule has 0 amide bonds. The molecule has 0 aliphatic rings. The number of rotatable bonds is 4. The van der Waals surface area contributed by atoms with Crippen LogP contribution in [0.1, 0.15) is 11.4 Å². The third kappa shape index (κ3) is 2.15. The number of aryl methyl sites for hydroxylation is 1. The first-order valence-corrected chi connectivity index (χ1v) is 6.47. The molecule has 0 saturated heterocycles. The quantitative estimate of drug-likeness (QED) is 0.774. The van der Waals surface area contributed by atoms with E-state index in [1.54, 1.807) is 0 Å². The molecule has 1 N–H and O–H groups in total. The van der Waals surface area contributed by atoms with Gasteiger partial charge in [0.1, 0.15) is 5.82 Å². The van der Waals surface area contributed by atoms with Crippen LogP contribution in [0.4, 0.5) is 0 Å². The van der Waals surface area contributed by atoms with Gasteiger partial charge in [0.2, 0.25) is 0 Å². The SMILES string of the molecule is CNCc1cccc2ccn(Cc3nccn3C)c12. The minimum Gasteiger partial charge on any atom is -0.340 e. The Morgan fingerprint density at radius 1 is 1.21 bits per heavy atom. The zero-order valence-corrected chi connectivity index (χ0v) is 11.3. The predicted molar refractivity (Wildman–Crippen MR) is 77.0 cm³/mol. The summed E-state index contributed by atoms with van der Waals surface area (Å²) in [6, 6.07) is 8.61. The molecule has 2 heterocycles. The number of hydrogen-bond donors (Lipinski definition) is 1. The summed E-state index contributed by atoms with van der Waals surface area (Å²) in [4.78, 5) is 4.40. The summed E-state index contributed by atoms with van der Waals surface area (Å²) in [6.45, 7) is 1.68. The average Bonchev–Trinajstić information content (AvgIpc) is 2.99. The highest BCUT2D eigenvalue weighted by molar-refractivity contribution is 5.83. The van der Waals surface area contributed by atoms with E-state index in [2.05, 4.69) is 49.9 Å². The number of hydrogen-bond acceptors (Lipinski definition) is 2. The van der Waals surface area contributed by atoms with E-state index in [1.165, 1.54) is 16.5 Å². The lowest BCUT2D eigenvalue weighted by Gasteiger charge is -2.09. The van der Waals surface area contributed by atoms with Crippen molar-refractivity contribution in [3.05, 3.63) is 54.2 Å². The van der Waals surface area contributed by atoms with Gasteiger partial charge in [0.25, 0.3) is 0 Å². The fraction of sp³-hybridized carbons (Fsp3) is 0.267. The lowest BCUT2D eigenvalue weighted by molar-refractivity contribution is 0.713. The molecule has 19 heavy (non-hydrogen) atoms. The zero-order valence-electron chi connectivity index (χ0n) is 11.3. The Hall–Kier alpha value is -2.07. The summed E-state index contributed by atoms with van der Waals surface area (Å²) < 4.78 is 4.33. The molecule has 0 bridgehead atoms. The number of nitrogens with zero attached hydrogens (tertiary/aromatic N) is 3. The number of imidazole rings is 1. The predicted octanol–water partition coefficient (Wildman–Crippen LogP) is 2.14. The summed E-state index contributed by atoms with van der Waals surface area (Å²) in [7, 11) is 4.01. The van der Waals surface area contributed by atoms with Gasteiger partial charge in [-0.2, -0.15) is 0 Å². The number of nitrogens with one attached hydrogen (secondary N) is 1. The molecule has 4 nitrogen and oxygen atoms in total. The normalized spacial score (nSPS) is 11.3. The van der Waals surface area contributed by atoms with Crippen LogP contribution in [0.5, 0.6) is 0 Å². The maximum absolute atomic E-state index is 4.40. The second-order valence-electron chi connectivity index (χ2n) is 4.78. The molecular formula is C15H18N4. The number of para-hydroxylation sites is 1. The Kier molecular flexibility index (Phi) is 3.09. The molecule has 3 rings (SSSR count). The number of aromatic nitrogens is 3. The van der Waals surface area contributed by atoms with Gasteiger partial charge >= 0.3 is 0 Å². The Labute approximate surface area is 112 Å². The summed E-state index contributed by atoms with van der Waals surface area (Å²) in [5.41, 5.74) is 2.61. The molecule has 0 spiro atoms. The molecule has 3 aromatic rings. The van der Waals surface area contributed by atoms with Crippen LogP contribution in [-0.2, 0) is 20.1 Å². The first-order valence-electron chi connectivity index (χ1n) is 6.47. The van der Waals surface area contributed by atoms with Crippen LogP contribution in [0.15, 0.2) is 42.9 Å². The number of benzene rings is 1. The average molecular weight is 254 g/mol. The van der Waals surface area contributed by atoms with Crippen molar-refractivity contribution in [1.82, 2.24) is 19.4 Å². The smallest absolute Gasteiger partial charge is 0.128 e. The summed E-state index contributed by atoms with van der Waals surface area (Å²) in [6.07, 6.45) is 5.96. The minimum absolute atomic E-state index is 0.799. The molecule has 0 aliphatic heterocycles. The third-order valence-electron chi connectivity index (χ3n) is 3.47. The van der Waals surface area contributed by atoms with E-state index >= 15 is 0 Å². The molecule has 1 aromatic carbocycles. The van der Waals surface area contributed by atoms with Crippen molar-refractivity contribution in [1.29, 1.82) is 0 Å². The van der Waals surface area contributed by atoms with Gasteiger partial charge in [0.05, 0.1) is 12.1 Å². The zero-order chi connectivity index (χ0) is 13.2. The Morgan fingerprint density at radius 2 is 2.11 bits per heavy atom. The first kappa shape index (κ1) is 12.0. The van der Waals surface area contributed by atoms with Crippen LogP contribution < -0.4 is 5.32 Å². The van der Waals surface area contributed by atoms with Gasteiger partial charge in [-0.3, -0.25) is 0 Å². The van der Waals surface area contributed by atoms with E-state index in [0.29, 0.717) is 0 Å². The van der Waals surface area contributed by atoms with Crippen LogP contribution in [0, 0.1) is 0 Å². The van der Waals surface area contributed by atoms with E-state index in [4.69, 9.17) is 0 Å². The molecule has 4 heteroatoms. The fourth-order valence-corrected chi connectivity index (χ4v) is 2.51. The maximum Gasteiger partial charge on any atom is 0.128 e. The fourth-order valence-electron chi connectivity index (χ4n) is 2.51. The Balaban J connectivity index is 2.06. The van der Waals surface area contributed by atoms with Crippen molar-refractivity contribution in [2.45, 2.75) is 13.1 Å². The molecule has 0 radical (unpaired) electrons. The standard InChI is InChI=1S/C15H18N4/c1-16-10-13-5-3-4-12-6-8-19(15(12)13)11-14-17-7-9-18(14)2/h3-9,16H,10-11H2,1-2H3. The van der Waals surface area contributed by atoms with E-state index in [0.717, 1.165) is 18.9 Å². The van der Waals surface area contributed by atoms with Crippen LogP contribution in [0.25, 0.3) is 10.9 Å². The first-order chi connectivity index (χ1) is 9.29. The topological polar surface area (TPSA) is 34.8 Å². The highest BCUT2D eigenvalue weighted by atomic mass is 15.1. The van der Waals surface area contributed by atoms with Gasteiger partial charge in [-0.15, -0.1) is 0 Å². The lowest BCUT2D eigenvalue weighted by Crippen LogP contribution is -2.09. The minimum atomic E-state index is 0.799. The second-order valence-corrected chi connectivity index (χ2v) is 4.78. The highest BCUT2D eigenvalue weighted by Crippen LogP contribution is 2.21. The van der Waals surface area contributed by atoms with Crippen molar-refractivity contribution < 1.29 is 0 Å². The Morgan fingerprint density at radius 3 is 2.84 bits per heavy atom. The van der Waals surface area contributed by atoms with Gasteiger partial charge in [0, 0.05) is 32.2 Å². The van der Waals surface area contributed by atoms with Gasteiger partial charge in [-0.25, -0.2) is 4.98 Å². The van der Waals surface area contributed by atoms with E-state index in [-0.39, 0.29) is 0 Å². The molecule has 0 saturated carbocycles. The molecule has 0 atom stereocenters. The van der Waals surface area contributed by atoms with Gasteiger partial charge in [-0.1, -0.05) is 18.2 Å². The highest BCUT2D eigenvalue weighted by Gasteiger charge is 2.08. The Bertz CT molecular complexity index is 693. The number of fused-ring (bicyclic) bond motifs is 1. The summed E-state index contributed by atoms with van der Waals surface area (Å²) in [5.74, 6) is 1.07. The van der Waals surface area contributed by atoms with Crippen LogP contribution in [0.3, 0.4) is 0 Å². The van der Waals surface area contributed by atoms with Crippen molar-refractivity contribution in [2.24, 2.45) is 7.05 Å². The van der Waals surface area contributed by atoms with E-state index in [1.807, 2.05) is 26.5 Å². The van der Waals surface area contributed by atoms with Gasteiger partial charge in [-0.05, 0) is 24.1 Å². The van der Waals surface area contributed by atoms with Crippen molar-refractivity contribution in [2.75, 3.05) is 7.05 Å². The van der Waals surface area contributed by atoms with Crippen LogP contribution >= 0.6 is 0 Å². The molecule has 0 aliphatic carbocycles. The molecule has 0 unspecified atom stereocenters. The molecular weight excluding hydrogens is 236 g/mol. The van der Waals surface area contributed by atoms with Gasteiger partial charge in [0.15, 0.2) is 0 Å². The van der Waals surface area contributed by atoms with Crippen molar-refractivity contribution in [3.63, 3.8) is 0 Å². The largest absolute Gasteiger partial charge is 0.340 e. The van der Waals surface area contributed by atoms with Crippen molar-refractivity contribution in [3.8, 4) is 0 Å². The maximum atomic E-state index is 4.40. The van der Waals surface area contributed by atoms with Crippen LogP contribution in [-0.4, -0.2) is 21.2 Å². The summed E-state index contributed by atoms with van der Waals surface area (Å²) in [5, 5.41) is 4.51. The second kappa shape index (κ2) is 4.90.